The first-order valence-electron chi connectivity index (χ1n) is 10.6. The van der Waals surface area contributed by atoms with Gasteiger partial charge < -0.3 is 4.74 Å². The lowest BCUT2D eigenvalue weighted by molar-refractivity contribution is 0.123. The van der Waals surface area contributed by atoms with Gasteiger partial charge in [0.2, 0.25) is 0 Å². The molecule has 0 aliphatic heterocycles. The van der Waals surface area contributed by atoms with E-state index < -0.39 is 6.09 Å². The number of thiophene rings is 2. The van der Waals surface area contributed by atoms with E-state index in [1.54, 1.807) is 17.4 Å². The molecule has 1 aliphatic carbocycles. The molecule has 1 saturated carbocycles. The molecule has 6 heteroatoms. The number of hydrogen-bond donors (Lipinski definition) is 1. The highest BCUT2D eigenvalue weighted by atomic mass is 35.5. The molecule has 32 heavy (non-hydrogen) atoms. The summed E-state index contributed by atoms with van der Waals surface area (Å²) in [6, 6.07) is 22.9. The van der Waals surface area contributed by atoms with E-state index >= 15 is 0 Å². The van der Waals surface area contributed by atoms with Crippen molar-refractivity contribution in [1.82, 2.24) is 0 Å². The average molecular weight is 480 g/mol. The number of ether oxygens (including phenoxy) is 1. The minimum absolute atomic E-state index is 0.307. The minimum atomic E-state index is -0.492. The third kappa shape index (κ3) is 4.75. The largest absolute Gasteiger partial charge is 0.441 e. The molecule has 3 nitrogen and oxygen atoms in total. The molecule has 1 N–H and O–H groups in total. The van der Waals surface area contributed by atoms with E-state index in [9.17, 15) is 4.79 Å². The van der Waals surface area contributed by atoms with Crippen LogP contribution in [0, 0.1) is 0 Å². The van der Waals surface area contributed by atoms with Gasteiger partial charge in [0.25, 0.3) is 0 Å². The summed E-state index contributed by atoms with van der Waals surface area (Å²) in [6.07, 6.45) is 1.83. The van der Waals surface area contributed by atoms with Gasteiger partial charge in [0.05, 0.1) is 14.9 Å². The second-order valence-electron chi connectivity index (χ2n) is 7.95. The Morgan fingerprint density at radius 1 is 1.03 bits per heavy atom. The zero-order valence-electron chi connectivity index (χ0n) is 17.5. The standard InChI is InChI=1S/C26H22ClNO2S2/c1-16(23-3-2-14-31-23)30-26(29)28-22-15-24(27)32-25(22)21-12-10-20(11-13-21)19-8-6-18(7-9-19)17-4-5-17/h2-3,6-17H,4-5H2,1H3,(H,28,29). The summed E-state index contributed by atoms with van der Waals surface area (Å²) in [6.45, 7) is 1.86. The molecule has 1 atom stereocenters. The van der Waals surface area contributed by atoms with Gasteiger partial charge in [-0.2, -0.15) is 0 Å². The van der Waals surface area contributed by atoms with Crippen LogP contribution in [0.4, 0.5) is 10.5 Å². The highest BCUT2D eigenvalue weighted by molar-refractivity contribution is 7.20. The smallest absolute Gasteiger partial charge is 0.412 e. The number of carbonyl (C=O) groups excluding carboxylic acids is 1. The van der Waals surface area contributed by atoms with Crippen LogP contribution in [0.15, 0.2) is 72.1 Å². The Balaban J connectivity index is 1.31. The predicted molar refractivity (Wildman–Crippen MR) is 135 cm³/mol. The summed E-state index contributed by atoms with van der Waals surface area (Å²) in [5, 5.41) is 4.83. The number of halogens is 1. The number of rotatable bonds is 6. The zero-order valence-corrected chi connectivity index (χ0v) is 19.9. The normalized spacial score (nSPS) is 14.2. The van der Waals surface area contributed by atoms with Crippen LogP contribution in [0.5, 0.6) is 0 Å². The van der Waals surface area contributed by atoms with Crippen molar-refractivity contribution in [2.24, 2.45) is 0 Å². The maximum absolute atomic E-state index is 12.5. The van der Waals surface area contributed by atoms with Gasteiger partial charge in [-0.1, -0.05) is 66.2 Å². The molecule has 0 spiro atoms. The number of hydrogen-bond acceptors (Lipinski definition) is 4. The summed E-state index contributed by atoms with van der Waals surface area (Å²) in [5.41, 5.74) is 5.47. The van der Waals surface area contributed by atoms with Crippen LogP contribution in [0.2, 0.25) is 4.34 Å². The lowest BCUT2D eigenvalue weighted by Crippen LogP contribution is -2.15. The van der Waals surface area contributed by atoms with Gasteiger partial charge in [-0.15, -0.1) is 22.7 Å². The summed E-state index contributed by atoms with van der Waals surface area (Å²) in [4.78, 5) is 14.4. The molecule has 0 bridgehead atoms. The number of anilines is 1. The lowest BCUT2D eigenvalue weighted by atomic mass is 10.0. The van der Waals surface area contributed by atoms with E-state index in [1.165, 1.54) is 35.3 Å². The quantitative estimate of drug-likeness (QED) is 0.299. The molecular weight excluding hydrogens is 458 g/mol. The van der Waals surface area contributed by atoms with Crippen LogP contribution < -0.4 is 5.32 Å². The van der Waals surface area contributed by atoms with Crippen molar-refractivity contribution < 1.29 is 9.53 Å². The maximum Gasteiger partial charge on any atom is 0.412 e. The van der Waals surface area contributed by atoms with Gasteiger partial charge in [0, 0.05) is 4.88 Å². The van der Waals surface area contributed by atoms with Gasteiger partial charge in [-0.3, -0.25) is 5.32 Å². The van der Waals surface area contributed by atoms with E-state index in [0.717, 1.165) is 26.8 Å². The van der Waals surface area contributed by atoms with Crippen molar-refractivity contribution in [2.45, 2.75) is 31.8 Å². The Labute approximate surface area is 200 Å². The van der Waals surface area contributed by atoms with Crippen LogP contribution in [0.1, 0.15) is 42.2 Å². The Morgan fingerprint density at radius 2 is 1.69 bits per heavy atom. The number of amides is 1. The van der Waals surface area contributed by atoms with Crippen LogP contribution >= 0.6 is 34.3 Å². The summed E-state index contributed by atoms with van der Waals surface area (Å²) in [5.74, 6) is 0.765. The fourth-order valence-electron chi connectivity index (χ4n) is 3.73. The van der Waals surface area contributed by atoms with E-state index in [2.05, 4.69) is 53.8 Å². The Bertz CT molecular complexity index is 1210. The minimum Gasteiger partial charge on any atom is -0.441 e. The molecule has 4 aromatic rings. The number of benzene rings is 2. The molecule has 2 aromatic carbocycles. The van der Waals surface area contributed by atoms with Gasteiger partial charge in [0.15, 0.2) is 0 Å². The SMILES string of the molecule is CC(OC(=O)Nc1cc(Cl)sc1-c1ccc(-c2ccc(C3CC3)cc2)cc1)c1cccs1. The van der Waals surface area contributed by atoms with Gasteiger partial charge in [0.1, 0.15) is 6.10 Å². The van der Waals surface area contributed by atoms with Gasteiger partial charge >= 0.3 is 6.09 Å². The molecule has 2 heterocycles. The molecule has 162 valence electrons. The van der Waals surface area contributed by atoms with E-state index in [1.807, 2.05) is 24.4 Å². The first-order chi connectivity index (χ1) is 15.6. The molecule has 1 aliphatic rings. The predicted octanol–water partition coefficient (Wildman–Crippen LogP) is 8.98. The summed E-state index contributed by atoms with van der Waals surface area (Å²) in [7, 11) is 0. The third-order valence-corrected chi connectivity index (χ3v) is 7.95. The fourth-order valence-corrected chi connectivity index (χ4v) is 5.62. The highest BCUT2D eigenvalue weighted by Crippen LogP contribution is 2.42. The number of nitrogens with one attached hydrogen (secondary N) is 1. The van der Waals surface area contributed by atoms with Crippen molar-refractivity contribution >= 4 is 46.1 Å². The van der Waals surface area contributed by atoms with Crippen LogP contribution in [0.25, 0.3) is 21.6 Å². The Hall–Kier alpha value is -2.60. The van der Waals surface area contributed by atoms with Crippen molar-refractivity contribution in [3.63, 3.8) is 0 Å². The molecule has 1 unspecified atom stereocenters. The third-order valence-electron chi connectivity index (χ3n) is 5.61. The fraction of sp³-hybridized carbons (Fsp3) is 0.192. The van der Waals surface area contributed by atoms with Crippen LogP contribution in [-0.4, -0.2) is 6.09 Å². The molecule has 2 aromatic heterocycles. The molecule has 0 radical (unpaired) electrons. The van der Waals surface area contributed by atoms with Gasteiger partial charge in [-0.05, 0) is 65.4 Å². The van der Waals surface area contributed by atoms with E-state index in [-0.39, 0.29) is 6.10 Å². The molecule has 1 amide bonds. The van der Waals surface area contributed by atoms with Crippen molar-refractivity contribution in [2.75, 3.05) is 5.32 Å². The van der Waals surface area contributed by atoms with Crippen LogP contribution in [-0.2, 0) is 4.74 Å². The first kappa shape index (κ1) is 21.3. The molecule has 5 rings (SSSR count). The lowest BCUT2D eigenvalue weighted by Gasteiger charge is -2.13. The monoisotopic (exact) mass is 479 g/mol. The topological polar surface area (TPSA) is 38.3 Å². The second kappa shape index (κ2) is 9.10. The average Bonchev–Trinajstić information content (AvgIpc) is 3.37. The van der Waals surface area contributed by atoms with E-state index in [0.29, 0.717) is 10.0 Å². The Kier molecular flexibility index (Phi) is 6.05. The molecular formula is C26H22ClNO2S2. The first-order valence-corrected chi connectivity index (χ1v) is 12.7. The zero-order chi connectivity index (χ0) is 22.1. The molecule has 1 fully saturated rings. The maximum atomic E-state index is 12.5. The highest BCUT2D eigenvalue weighted by Gasteiger charge is 2.23. The van der Waals surface area contributed by atoms with Crippen molar-refractivity contribution in [1.29, 1.82) is 0 Å². The van der Waals surface area contributed by atoms with Crippen LogP contribution in [0.3, 0.4) is 0 Å². The number of carbonyl (C=O) groups is 1. The Morgan fingerprint density at radius 3 is 2.31 bits per heavy atom. The van der Waals surface area contributed by atoms with Gasteiger partial charge in [-0.25, -0.2) is 4.79 Å². The van der Waals surface area contributed by atoms with E-state index in [4.69, 9.17) is 16.3 Å². The molecule has 0 saturated heterocycles. The van der Waals surface area contributed by atoms with Crippen molar-refractivity contribution in [3.05, 3.63) is 86.9 Å². The summed E-state index contributed by atoms with van der Waals surface area (Å²) >= 11 is 9.29. The second-order valence-corrected chi connectivity index (χ2v) is 10.6. The van der Waals surface area contributed by atoms with Crippen molar-refractivity contribution in [3.8, 4) is 21.6 Å². The summed E-state index contributed by atoms with van der Waals surface area (Å²) < 4.78 is 6.14.